The lowest BCUT2D eigenvalue weighted by atomic mass is 9.44. The minimum atomic E-state index is -1.79. The van der Waals surface area contributed by atoms with E-state index in [4.69, 9.17) is 37.9 Å². The van der Waals surface area contributed by atoms with Crippen LogP contribution in [-0.2, 0) is 37.9 Å². The van der Waals surface area contributed by atoms with Crippen molar-refractivity contribution in [2.24, 2.45) is 52.3 Å². The first-order valence-electron chi connectivity index (χ1n) is 23.6. The SMILES string of the molecule is CC1CCC2(OC1)OC1CC3C4CCC5CC(OC6CC(O)C(OC7OC(C)C(O)C(O)C7OC7OC(CO)C(O)C(O)C7O)C(CO)O6)CCC5(C)C4CCC3(C)C1C2C. The highest BCUT2D eigenvalue weighted by molar-refractivity contribution is 5.15. The smallest absolute Gasteiger partial charge is 0.187 e. The Morgan fingerprint density at radius 1 is 0.623 bits per heavy atom. The monoisotopic (exact) mass is 870 g/mol. The minimum absolute atomic E-state index is 0.0461. The summed E-state index contributed by atoms with van der Waals surface area (Å²) in [5.74, 6) is 3.70. The molecule has 26 unspecified atom stereocenters. The zero-order valence-electron chi connectivity index (χ0n) is 36.5. The minimum Gasteiger partial charge on any atom is -0.394 e. The van der Waals surface area contributed by atoms with Crippen LogP contribution in [0.5, 0.6) is 0 Å². The van der Waals surface area contributed by atoms with E-state index < -0.39 is 105 Å². The zero-order chi connectivity index (χ0) is 43.3. The third-order valence-electron chi connectivity index (χ3n) is 18.1. The molecular weight excluding hydrogens is 796 g/mol. The second-order valence-corrected chi connectivity index (χ2v) is 21.4. The van der Waals surface area contributed by atoms with E-state index in [0.717, 1.165) is 45.1 Å². The van der Waals surface area contributed by atoms with E-state index in [1.165, 1.54) is 32.6 Å². The Morgan fingerprint density at radius 3 is 2.08 bits per heavy atom. The third kappa shape index (κ3) is 7.69. The van der Waals surface area contributed by atoms with Gasteiger partial charge < -0.3 is 78.7 Å². The van der Waals surface area contributed by atoms with Crippen LogP contribution < -0.4 is 0 Å². The lowest BCUT2D eigenvalue weighted by Gasteiger charge is -2.61. The average Bonchev–Trinajstić information content (AvgIpc) is 3.69. The summed E-state index contributed by atoms with van der Waals surface area (Å²) in [7, 11) is 0. The van der Waals surface area contributed by atoms with E-state index >= 15 is 0 Å². The van der Waals surface area contributed by atoms with E-state index in [-0.39, 0.29) is 29.5 Å². The largest absolute Gasteiger partial charge is 0.394 e. The Kier molecular flexibility index (Phi) is 12.8. The van der Waals surface area contributed by atoms with E-state index in [9.17, 15) is 40.9 Å². The van der Waals surface area contributed by atoms with Crippen molar-refractivity contribution in [3.05, 3.63) is 0 Å². The molecule has 0 amide bonds. The standard InChI is InChI=1S/C45H74O16/c1-20-8-13-45(54-19-20)21(2)33-29(61-45)15-27-25-7-6-23-14-24(9-11-43(23,4)26(25)10-12-44(27,33)5)56-32-16-28(48)39(31(18-47)57-32)59-42-40(37(52)34(49)22(3)55-42)60-41-38(53)36(51)35(50)30(17-46)58-41/h20-42,46-53H,6-19H2,1-5H3. The number of aliphatic hydroxyl groups is 8. The molecule has 61 heavy (non-hydrogen) atoms. The zero-order valence-corrected chi connectivity index (χ0v) is 36.5. The number of hydrogen-bond donors (Lipinski definition) is 8. The van der Waals surface area contributed by atoms with E-state index in [0.29, 0.717) is 41.4 Å². The summed E-state index contributed by atoms with van der Waals surface area (Å²) in [6, 6.07) is 0. The molecule has 16 heteroatoms. The molecule has 5 saturated heterocycles. The van der Waals surface area contributed by atoms with Gasteiger partial charge in [-0.1, -0.05) is 27.7 Å². The van der Waals surface area contributed by atoms with Crippen LogP contribution >= 0.6 is 0 Å². The van der Waals surface area contributed by atoms with Gasteiger partial charge in [-0.25, -0.2) is 0 Å². The van der Waals surface area contributed by atoms with Gasteiger partial charge in [-0.05, 0) is 111 Å². The molecule has 4 aliphatic carbocycles. The van der Waals surface area contributed by atoms with E-state index in [1.807, 2.05) is 0 Å². The highest BCUT2D eigenvalue weighted by atomic mass is 16.8. The normalized spacial score (nSPS) is 58.5. The fourth-order valence-electron chi connectivity index (χ4n) is 14.6. The molecular formula is C45H74O16. The van der Waals surface area contributed by atoms with Crippen LogP contribution in [-0.4, -0.2) is 165 Å². The molecule has 16 nitrogen and oxygen atoms in total. The van der Waals surface area contributed by atoms with Crippen LogP contribution in [0.25, 0.3) is 0 Å². The molecule has 26 atom stereocenters. The first-order chi connectivity index (χ1) is 29.0. The Morgan fingerprint density at radius 2 is 1.36 bits per heavy atom. The van der Waals surface area contributed by atoms with Crippen molar-refractivity contribution in [2.75, 3.05) is 19.8 Å². The predicted molar refractivity (Wildman–Crippen MR) is 213 cm³/mol. The molecule has 350 valence electrons. The van der Waals surface area contributed by atoms with Crippen LogP contribution in [0.3, 0.4) is 0 Å². The van der Waals surface area contributed by atoms with Crippen molar-refractivity contribution in [3.63, 3.8) is 0 Å². The summed E-state index contributed by atoms with van der Waals surface area (Å²) in [6.07, 6.45) is -8.02. The average molecular weight is 871 g/mol. The summed E-state index contributed by atoms with van der Waals surface area (Å²) in [4.78, 5) is 0. The van der Waals surface area contributed by atoms with Crippen molar-refractivity contribution >= 4 is 0 Å². The van der Waals surface area contributed by atoms with Gasteiger partial charge in [0.2, 0.25) is 0 Å². The molecule has 0 aromatic carbocycles. The number of ether oxygens (including phenoxy) is 8. The number of hydrogen-bond acceptors (Lipinski definition) is 16. The van der Waals surface area contributed by atoms with Crippen molar-refractivity contribution < 1.29 is 78.7 Å². The van der Waals surface area contributed by atoms with Gasteiger partial charge in [-0.2, -0.15) is 0 Å². The van der Waals surface area contributed by atoms with Gasteiger partial charge in [-0.15, -0.1) is 0 Å². The third-order valence-corrected chi connectivity index (χ3v) is 18.1. The van der Waals surface area contributed by atoms with E-state index in [2.05, 4.69) is 27.7 Å². The number of fused-ring (bicyclic) bond motifs is 7. The molecule has 0 radical (unpaired) electrons. The van der Waals surface area contributed by atoms with Gasteiger partial charge in [0, 0.05) is 18.8 Å². The quantitative estimate of drug-likeness (QED) is 0.161. The Hall–Kier alpha value is -0.640. The van der Waals surface area contributed by atoms with Crippen LogP contribution in [0, 0.1) is 52.3 Å². The van der Waals surface area contributed by atoms with Crippen LogP contribution in [0.15, 0.2) is 0 Å². The van der Waals surface area contributed by atoms with Gasteiger partial charge in [0.1, 0.15) is 54.9 Å². The van der Waals surface area contributed by atoms with Crippen molar-refractivity contribution in [3.8, 4) is 0 Å². The number of aliphatic hydroxyl groups excluding tert-OH is 8. The van der Waals surface area contributed by atoms with Gasteiger partial charge in [0.15, 0.2) is 24.7 Å². The number of rotatable bonds is 8. The molecule has 4 saturated carbocycles. The molecule has 0 aromatic rings. The van der Waals surface area contributed by atoms with Crippen molar-refractivity contribution in [2.45, 2.75) is 209 Å². The lowest BCUT2D eigenvalue weighted by Crippen LogP contribution is -2.65. The molecule has 9 fully saturated rings. The maximum Gasteiger partial charge on any atom is 0.187 e. The molecule has 0 bridgehead atoms. The maximum absolute atomic E-state index is 11.5. The summed E-state index contributed by atoms with van der Waals surface area (Å²) < 4.78 is 49.8. The summed E-state index contributed by atoms with van der Waals surface area (Å²) >= 11 is 0. The molecule has 5 aliphatic heterocycles. The first-order valence-corrected chi connectivity index (χ1v) is 23.6. The summed E-state index contributed by atoms with van der Waals surface area (Å²) in [5, 5.41) is 84.5. The summed E-state index contributed by atoms with van der Waals surface area (Å²) in [5.41, 5.74) is 0.496. The molecule has 0 aromatic heterocycles. The predicted octanol–water partition coefficient (Wildman–Crippen LogP) is 1.32. The molecule has 8 N–H and O–H groups in total. The maximum atomic E-state index is 11.5. The first kappa shape index (κ1) is 45.5. The highest BCUT2D eigenvalue weighted by Gasteiger charge is 2.69. The molecule has 9 aliphatic rings. The lowest BCUT2D eigenvalue weighted by molar-refractivity contribution is -0.381. The Balaban J connectivity index is 0.813. The molecule has 9 rings (SSSR count). The second kappa shape index (κ2) is 17.2. The highest BCUT2D eigenvalue weighted by Crippen LogP contribution is 2.71. The van der Waals surface area contributed by atoms with Gasteiger partial charge in [-0.3, -0.25) is 0 Å². The fraction of sp³-hybridized carbons (Fsp3) is 1.00. The Labute approximate surface area is 359 Å². The van der Waals surface area contributed by atoms with Gasteiger partial charge in [0.05, 0.1) is 44.2 Å². The van der Waals surface area contributed by atoms with Gasteiger partial charge >= 0.3 is 0 Å². The fourth-order valence-corrected chi connectivity index (χ4v) is 14.6. The summed E-state index contributed by atoms with van der Waals surface area (Å²) in [6.45, 7) is 10.9. The van der Waals surface area contributed by atoms with Crippen LogP contribution in [0.1, 0.15) is 105 Å². The second-order valence-electron chi connectivity index (χ2n) is 21.4. The van der Waals surface area contributed by atoms with Crippen molar-refractivity contribution in [1.29, 1.82) is 0 Å². The molecule has 1 spiro atoms. The Bertz CT molecular complexity index is 1510. The molecule has 5 heterocycles. The van der Waals surface area contributed by atoms with Crippen LogP contribution in [0.4, 0.5) is 0 Å². The van der Waals surface area contributed by atoms with E-state index in [1.54, 1.807) is 0 Å². The topological polar surface area (TPSA) is 236 Å². The van der Waals surface area contributed by atoms with Crippen molar-refractivity contribution in [1.82, 2.24) is 0 Å². The van der Waals surface area contributed by atoms with Crippen LogP contribution in [0.2, 0.25) is 0 Å². The van der Waals surface area contributed by atoms with Gasteiger partial charge in [0.25, 0.3) is 0 Å².